The zero-order chi connectivity index (χ0) is 15.1. The predicted octanol–water partition coefficient (Wildman–Crippen LogP) is 5.36. The molecular formula is C18H29N. The number of hydrogen-bond acceptors (Lipinski definition) is 1. The molecule has 0 spiro atoms. The van der Waals surface area contributed by atoms with Crippen LogP contribution in [0.2, 0.25) is 0 Å². The van der Waals surface area contributed by atoms with E-state index in [9.17, 15) is 0 Å². The van der Waals surface area contributed by atoms with Gasteiger partial charge in [0, 0.05) is 12.0 Å². The fraction of sp³-hybridized carbons (Fsp3) is 0.611. The van der Waals surface area contributed by atoms with Crippen molar-refractivity contribution in [2.75, 3.05) is 0 Å². The maximum Gasteiger partial charge on any atom is 0.0908 e. The molecule has 0 aliphatic rings. The van der Waals surface area contributed by atoms with Crippen LogP contribution in [0.1, 0.15) is 53.9 Å². The Labute approximate surface area is 120 Å². The molecular weight excluding hydrogens is 230 g/mol. The molecule has 3 unspecified atom stereocenters. The van der Waals surface area contributed by atoms with Crippen molar-refractivity contribution in [2.24, 2.45) is 17.8 Å². The van der Waals surface area contributed by atoms with Crippen LogP contribution in [0.5, 0.6) is 0 Å². The molecule has 1 heteroatoms. The quantitative estimate of drug-likeness (QED) is 0.343. The molecule has 0 aliphatic carbocycles. The van der Waals surface area contributed by atoms with E-state index in [-0.39, 0.29) is 5.92 Å². The second-order valence-electron chi connectivity index (χ2n) is 4.43. The van der Waals surface area contributed by atoms with Crippen LogP contribution >= 0.6 is 0 Å². The minimum absolute atomic E-state index is 0.247. The topological polar surface area (TPSA) is 23.8 Å². The fourth-order valence-corrected chi connectivity index (χ4v) is 1.97. The Kier molecular flexibility index (Phi) is 15.3. The molecule has 0 amide bonds. The van der Waals surface area contributed by atoms with E-state index in [1.165, 1.54) is 0 Å². The van der Waals surface area contributed by atoms with Crippen molar-refractivity contribution in [3.63, 3.8) is 0 Å². The molecule has 0 aliphatic heterocycles. The van der Waals surface area contributed by atoms with Gasteiger partial charge in [-0.2, -0.15) is 5.26 Å². The summed E-state index contributed by atoms with van der Waals surface area (Å²) < 4.78 is 0. The van der Waals surface area contributed by atoms with Crippen LogP contribution in [0, 0.1) is 41.4 Å². The Hall–Kier alpha value is -1.47. The molecule has 0 bridgehead atoms. The molecule has 0 aromatic rings. The Morgan fingerprint density at radius 1 is 1.21 bits per heavy atom. The molecule has 0 heterocycles. The zero-order valence-electron chi connectivity index (χ0n) is 13.2. The fourth-order valence-electron chi connectivity index (χ4n) is 1.97. The van der Waals surface area contributed by atoms with Gasteiger partial charge in [0.2, 0.25) is 0 Å². The van der Waals surface area contributed by atoms with Crippen LogP contribution in [-0.4, -0.2) is 0 Å². The summed E-state index contributed by atoms with van der Waals surface area (Å²) >= 11 is 0. The highest BCUT2D eigenvalue weighted by molar-refractivity contribution is 5.07. The van der Waals surface area contributed by atoms with E-state index in [4.69, 9.17) is 11.7 Å². The first-order valence-electron chi connectivity index (χ1n) is 7.34. The first-order valence-corrected chi connectivity index (χ1v) is 7.34. The van der Waals surface area contributed by atoms with Crippen molar-refractivity contribution in [3.05, 3.63) is 24.3 Å². The van der Waals surface area contributed by atoms with Gasteiger partial charge < -0.3 is 0 Å². The normalized spacial score (nSPS) is 15.1. The van der Waals surface area contributed by atoms with E-state index in [1.807, 2.05) is 39.0 Å². The summed E-state index contributed by atoms with van der Waals surface area (Å²) in [4.78, 5) is 0. The average molecular weight is 259 g/mol. The number of nitrogens with zero attached hydrogens (tertiary/aromatic N) is 1. The summed E-state index contributed by atoms with van der Waals surface area (Å²) in [7, 11) is 0. The second-order valence-corrected chi connectivity index (χ2v) is 4.43. The van der Waals surface area contributed by atoms with Crippen LogP contribution < -0.4 is 0 Å². The monoisotopic (exact) mass is 259 g/mol. The van der Waals surface area contributed by atoms with Gasteiger partial charge in [0.25, 0.3) is 0 Å². The molecule has 19 heavy (non-hydrogen) atoms. The van der Waals surface area contributed by atoms with Crippen LogP contribution in [0.4, 0.5) is 0 Å². The van der Waals surface area contributed by atoms with Gasteiger partial charge in [-0.25, -0.2) is 0 Å². The van der Waals surface area contributed by atoms with Gasteiger partial charge in [-0.15, -0.1) is 6.42 Å². The Bertz CT molecular complexity index is 325. The van der Waals surface area contributed by atoms with Gasteiger partial charge in [0.05, 0.1) is 6.07 Å². The maximum absolute atomic E-state index is 8.46. The molecule has 0 N–H and O–H groups in total. The molecule has 1 nitrogen and oxygen atoms in total. The standard InChI is InChI=1S/C16H23N.C2H6/c1-5-9-15(6-2)16(7-3)12-11-14(4)10-8-13-17;1-2/h2,5,8-10,14-16H,7,11-12H2,1,3-4H3;1-2H3/b9-5-,10-8+;. The molecule has 0 aromatic heterocycles. The molecule has 106 valence electrons. The van der Waals surface area contributed by atoms with Gasteiger partial charge in [0.15, 0.2) is 0 Å². The first-order chi connectivity index (χ1) is 9.19. The summed E-state index contributed by atoms with van der Waals surface area (Å²) in [5.41, 5.74) is 0. The highest BCUT2D eigenvalue weighted by Crippen LogP contribution is 2.24. The molecule has 0 radical (unpaired) electrons. The third-order valence-corrected chi connectivity index (χ3v) is 3.12. The summed E-state index contributed by atoms with van der Waals surface area (Å²) in [5, 5.41) is 8.46. The average Bonchev–Trinajstić information content (AvgIpc) is 2.46. The summed E-state index contributed by atoms with van der Waals surface area (Å²) in [6.45, 7) is 10.3. The summed E-state index contributed by atoms with van der Waals surface area (Å²) in [6.07, 6.45) is 16.6. The van der Waals surface area contributed by atoms with Crippen molar-refractivity contribution in [2.45, 2.75) is 53.9 Å². The summed E-state index contributed by atoms with van der Waals surface area (Å²) in [6, 6.07) is 2.03. The Morgan fingerprint density at radius 2 is 1.84 bits per heavy atom. The highest BCUT2D eigenvalue weighted by atomic mass is 14.2. The van der Waals surface area contributed by atoms with Crippen molar-refractivity contribution >= 4 is 0 Å². The smallest absolute Gasteiger partial charge is 0.0908 e. The number of nitriles is 1. The molecule has 0 aromatic carbocycles. The van der Waals surface area contributed by atoms with Crippen molar-refractivity contribution in [1.82, 2.24) is 0 Å². The van der Waals surface area contributed by atoms with E-state index < -0.39 is 0 Å². The zero-order valence-corrected chi connectivity index (χ0v) is 13.2. The van der Waals surface area contributed by atoms with Gasteiger partial charge in [-0.05, 0) is 31.6 Å². The SMILES string of the molecule is C#CC(/C=C\C)C(CC)CCC(C)/C=C/C#N.CC. The third-order valence-electron chi connectivity index (χ3n) is 3.12. The van der Waals surface area contributed by atoms with Crippen LogP contribution in [0.3, 0.4) is 0 Å². The van der Waals surface area contributed by atoms with Gasteiger partial charge in [0.1, 0.15) is 0 Å². The lowest BCUT2D eigenvalue weighted by atomic mass is 9.84. The van der Waals surface area contributed by atoms with E-state index in [0.717, 1.165) is 19.3 Å². The maximum atomic E-state index is 8.46. The molecule has 0 saturated carbocycles. The van der Waals surface area contributed by atoms with Crippen molar-refractivity contribution in [3.8, 4) is 18.4 Å². The van der Waals surface area contributed by atoms with Crippen molar-refractivity contribution in [1.29, 1.82) is 5.26 Å². The Balaban J connectivity index is 0. The lowest BCUT2D eigenvalue weighted by molar-refractivity contribution is 0.385. The van der Waals surface area contributed by atoms with E-state index in [0.29, 0.717) is 11.8 Å². The van der Waals surface area contributed by atoms with E-state index >= 15 is 0 Å². The van der Waals surface area contributed by atoms with Gasteiger partial charge in [-0.1, -0.05) is 58.3 Å². The Morgan fingerprint density at radius 3 is 2.26 bits per heavy atom. The van der Waals surface area contributed by atoms with Gasteiger partial charge in [-0.3, -0.25) is 0 Å². The molecule has 0 rings (SSSR count). The van der Waals surface area contributed by atoms with Gasteiger partial charge >= 0.3 is 0 Å². The summed E-state index contributed by atoms with van der Waals surface area (Å²) in [5.74, 6) is 4.11. The largest absolute Gasteiger partial charge is 0.193 e. The number of hydrogen-bond donors (Lipinski definition) is 0. The number of rotatable bonds is 7. The third kappa shape index (κ3) is 10.2. The minimum atomic E-state index is 0.247. The van der Waals surface area contributed by atoms with Crippen LogP contribution in [-0.2, 0) is 0 Å². The van der Waals surface area contributed by atoms with E-state index in [2.05, 4.69) is 25.8 Å². The minimum Gasteiger partial charge on any atom is -0.193 e. The lowest BCUT2D eigenvalue weighted by Gasteiger charge is -2.20. The van der Waals surface area contributed by atoms with E-state index in [1.54, 1.807) is 6.08 Å². The molecule has 0 saturated heterocycles. The number of allylic oxidation sites excluding steroid dienone is 4. The van der Waals surface area contributed by atoms with Crippen LogP contribution in [0.25, 0.3) is 0 Å². The molecule has 0 fully saturated rings. The number of terminal acetylenes is 1. The second kappa shape index (κ2) is 14.6. The van der Waals surface area contributed by atoms with Crippen LogP contribution in [0.15, 0.2) is 24.3 Å². The molecule has 3 atom stereocenters. The predicted molar refractivity (Wildman–Crippen MR) is 85.4 cm³/mol. The highest BCUT2D eigenvalue weighted by Gasteiger charge is 2.15. The lowest BCUT2D eigenvalue weighted by Crippen LogP contribution is -2.11. The van der Waals surface area contributed by atoms with Crippen molar-refractivity contribution < 1.29 is 0 Å². The first kappa shape index (κ1) is 19.9.